The fourth-order valence-corrected chi connectivity index (χ4v) is 7.52. The highest BCUT2D eigenvalue weighted by Crippen LogP contribution is 2.70. The number of carbonyl (C=O) groups is 3. The maximum absolute atomic E-state index is 12.9. The van der Waals surface area contributed by atoms with Gasteiger partial charge in [0, 0.05) is 23.7 Å². The molecule has 0 unspecified atom stereocenters. The lowest BCUT2D eigenvalue weighted by atomic mass is 9.48. The van der Waals surface area contributed by atoms with Crippen LogP contribution in [0.2, 0.25) is 0 Å². The Hall–Kier alpha value is -1.43. The van der Waals surface area contributed by atoms with E-state index in [0.29, 0.717) is 12.8 Å². The van der Waals surface area contributed by atoms with Gasteiger partial charge in [-0.1, -0.05) is 32.1 Å². The predicted molar refractivity (Wildman–Crippen MR) is 113 cm³/mol. The van der Waals surface area contributed by atoms with Crippen molar-refractivity contribution in [2.45, 2.75) is 55.9 Å². The van der Waals surface area contributed by atoms with E-state index in [-0.39, 0.29) is 24.0 Å². The molecule has 0 amide bonds. The van der Waals surface area contributed by atoms with Crippen LogP contribution in [0.1, 0.15) is 40.0 Å². The summed E-state index contributed by atoms with van der Waals surface area (Å²) in [6.45, 7) is 4.66. The van der Waals surface area contributed by atoms with E-state index in [1.54, 1.807) is 6.08 Å². The minimum atomic E-state index is -1.64. The molecule has 0 aromatic rings. The number of Topliss-reactive ketones (excluding diaryl/α,β-unsaturated/α-hetero) is 1. The van der Waals surface area contributed by atoms with Crippen LogP contribution in [0.5, 0.6) is 0 Å². The number of ketones is 2. The second-order valence-corrected chi connectivity index (χ2v) is 10.6. The number of allylic oxidation sites excluding steroid dienone is 6. The maximum atomic E-state index is 12.9. The molecule has 30 heavy (non-hydrogen) atoms. The van der Waals surface area contributed by atoms with E-state index in [4.69, 9.17) is 27.9 Å². The van der Waals surface area contributed by atoms with E-state index in [9.17, 15) is 19.5 Å². The fraction of sp³-hybridized carbons (Fsp3) is 0.609. The number of carbonyl (C=O) groups excluding carboxylic acids is 3. The smallest absolute Gasteiger partial charge is 0.303 e. The summed E-state index contributed by atoms with van der Waals surface area (Å²) in [7, 11) is 0. The second kappa shape index (κ2) is 6.78. The molecule has 7 heteroatoms. The summed E-state index contributed by atoms with van der Waals surface area (Å²) in [5.41, 5.74) is -2.26. The first-order valence-electron chi connectivity index (χ1n) is 10.3. The van der Waals surface area contributed by atoms with E-state index >= 15 is 0 Å². The van der Waals surface area contributed by atoms with Crippen molar-refractivity contribution in [3.8, 4) is 0 Å². The van der Waals surface area contributed by atoms with Gasteiger partial charge in [-0.05, 0) is 42.9 Å². The van der Waals surface area contributed by atoms with Crippen LogP contribution in [-0.4, -0.2) is 45.1 Å². The zero-order chi connectivity index (χ0) is 22.1. The number of hydrogen-bond acceptors (Lipinski definition) is 5. The highest BCUT2D eigenvalue weighted by molar-refractivity contribution is 6.34. The van der Waals surface area contributed by atoms with Gasteiger partial charge >= 0.3 is 5.97 Å². The summed E-state index contributed by atoms with van der Waals surface area (Å²) >= 11 is 14.3. The Bertz CT molecular complexity index is 923. The Kier molecular flexibility index (Phi) is 4.93. The van der Waals surface area contributed by atoms with Crippen LogP contribution >= 0.6 is 23.2 Å². The number of fused-ring (bicyclic) bond motifs is 5. The predicted octanol–water partition coefficient (Wildman–Crippen LogP) is 3.51. The molecule has 162 valence electrons. The highest BCUT2D eigenvalue weighted by atomic mass is 35.5. The lowest BCUT2D eigenvalue weighted by Gasteiger charge is -2.62. The summed E-state index contributed by atoms with van der Waals surface area (Å²) in [6.07, 6.45) is 10.1. The molecule has 0 spiro atoms. The van der Waals surface area contributed by atoms with Crippen molar-refractivity contribution in [2.24, 2.45) is 22.7 Å². The summed E-state index contributed by atoms with van der Waals surface area (Å²) in [5, 5.41) is 11.0. The van der Waals surface area contributed by atoms with E-state index in [0.717, 1.165) is 5.57 Å². The zero-order valence-electron chi connectivity index (χ0n) is 17.3. The van der Waals surface area contributed by atoms with E-state index in [1.807, 2.05) is 32.1 Å². The van der Waals surface area contributed by atoms with Crippen LogP contribution in [0.4, 0.5) is 0 Å². The summed E-state index contributed by atoms with van der Waals surface area (Å²) in [6, 6.07) is 0. The maximum Gasteiger partial charge on any atom is 0.303 e. The Labute approximate surface area is 186 Å². The van der Waals surface area contributed by atoms with Gasteiger partial charge in [-0.25, -0.2) is 0 Å². The molecule has 4 rings (SSSR count). The number of halogens is 2. The SMILES string of the molecule is CC(=O)OCC(=O)[C@@]1(O)CC[C@H]2[C@@H]3C=CC4=CC(=O)C=C[C@]4(C)[C@@]3(Cl)[C@@H](Cl)C[C@@]21C. The third-order valence-corrected chi connectivity index (χ3v) is 9.70. The van der Waals surface area contributed by atoms with Gasteiger partial charge in [0.15, 0.2) is 12.4 Å². The van der Waals surface area contributed by atoms with E-state index in [2.05, 4.69) is 0 Å². The lowest BCUT2D eigenvalue weighted by Crippen LogP contribution is -2.66. The average molecular weight is 453 g/mol. The Balaban J connectivity index is 1.76. The van der Waals surface area contributed by atoms with Gasteiger partial charge in [0.05, 0.1) is 10.3 Å². The Morgan fingerprint density at radius 3 is 2.67 bits per heavy atom. The molecule has 0 heterocycles. The molecule has 5 nitrogen and oxygen atoms in total. The first kappa shape index (κ1) is 21.8. The van der Waals surface area contributed by atoms with Crippen molar-refractivity contribution >= 4 is 40.7 Å². The Morgan fingerprint density at radius 1 is 1.30 bits per heavy atom. The van der Waals surface area contributed by atoms with Crippen LogP contribution in [-0.2, 0) is 19.1 Å². The van der Waals surface area contributed by atoms with Crippen molar-refractivity contribution in [3.63, 3.8) is 0 Å². The molecule has 7 atom stereocenters. The molecule has 2 saturated carbocycles. The van der Waals surface area contributed by atoms with Gasteiger partial charge < -0.3 is 9.84 Å². The molecule has 2 fully saturated rings. The minimum Gasteiger partial charge on any atom is -0.458 e. The molecule has 0 aromatic carbocycles. The molecule has 0 aliphatic heterocycles. The largest absolute Gasteiger partial charge is 0.458 e. The van der Waals surface area contributed by atoms with E-state index < -0.39 is 45.0 Å². The quantitative estimate of drug-likeness (QED) is 0.523. The van der Waals surface area contributed by atoms with Gasteiger partial charge in [0.2, 0.25) is 5.78 Å². The van der Waals surface area contributed by atoms with E-state index in [1.165, 1.54) is 13.0 Å². The van der Waals surface area contributed by atoms with Gasteiger partial charge in [0.1, 0.15) is 5.60 Å². The zero-order valence-corrected chi connectivity index (χ0v) is 18.8. The summed E-state index contributed by atoms with van der Waals surface area (Å²) < 4.78 is 4.89. The van der Waals surface area contributed by atoms with Crippen LogP contribution in [0.15, 0.2) is 36.0 Å². The van der Waals surface area contributed by atoms with Gasteiger partial charge in [0.25, 0.3) is 0 Å². The van der Waals surface area contributed by atoms with Gasteiger partial charge in [-0.3, -0.25) is 14.4 Å². The number of rotatable bonds is 3. The fourth-order valence-electron chi connectivity index (χ4n) is 6.36. The number of ether oxygens (including phenoxy) is 1. The molecule has 0 radical (unpaired) electrons. The summed E-state index contributed by atoms with van der Waals surface area (Å²) in [5.74, 6) is -1.42. The van der Waals surface area contributed by atoms with Crippen LogP contribution in [0.25, 0.3) is 0 Å². The van der Waals surface area contributed by atoms with Crippen molar-refractivity contribution in [3.05, 3.63) is 36.0 Å². The standard InChI is InChI=1S/C23H26Cl2O5/c1-13(26)30-12-19(28)22(29)9-7-16-17-5-4-14-10-15(27)6-8-20(14,2)23(17,25)18(24)11-21(16,22)3/h4-6,8,10,16-18,29H,7,9,11-12H2,1-3H3/t16-,17-,18-,20-,21-,22-,23-/m0/s1. The monoisotopic (exact) mass is 452 g/mol. The number of hydrogen-bond donors (Lipinski definition) is 1. The van der Waals surface area contributed by atoms with Crippen molar-refractivity contribution in [2.75, 3.05) is 6.61 Å². The third-order valence-electron chi connectivity index (χ3n) is 8.18. The van der Waals surface area contributed by atoms with Gasteiger partial charge in [-0.2, -0.15) is 0 Å². The number of alkyl halides is 2. The molecular formula is C23H26Cl2O5. The van der Waals surface area contributed by atoms with Crippen LogP contribution in [0.3, 0.4) is 0 Å². The molecule has 0 aromatic heterocycles. The third kappa shape index (κ3) is 2.61. The molecular weight excluding hydrogens is 427 g/mol. The molecule has 4 aliphatic rings. The summed E-state index contributed by atoms with van der Waals surface area (Å²) in [4.78, 5) is 35.1. The normalized spacial score (nSPS) is 46.5. The first-order chi connectivity index (χ1) is 13.9. The van der Waals surface area contributed by atoms with Crippen LogP contribution in [0, 0.1) is 22.7 Å². The Morgan fingerprint density at radius 2 is 2.00 bits per heavy atom. The molecule has 1 N–H and O–H groups in total. The molecule has 4 aliphatic carbocycles. The number of aliphatic hydroxyl groups is 1. The van der Waals surface area contributed by atoms with Crippen molar-refractivity contribution in [1.29, 1.82) is 0 Å². The van der Waals surface area contributed by atoms with Crippen LogP contribution < -0.4 is 0 Å². The molecule has 0 saturated heterocycles. The minimum absolute atomic E-state index is 0.0797. The average Bonchev–Trinajstić information content (AvgIpc) is 2.94. The number of esters is 1. The molecule has 0 bridgehead atoms. The van der Waals surface area contributed by atoms with Gasteiger partial charge in [-0.15, -0.1) is 23.2 Å². The second-order valence-electron chi connectivity index (χ2n) is 9.49. The first-order valence-corrected chi connectivity index (χ1v) is 11.1. The van der Waals surface area contributed by atoms with Crippen molar-refractivity contribution < 1.29 is 24.2 Å². The highest BCUT2D eigenvalue weighted by Gasteiger charge is 2.72. The van der Waals surface area contributed by atoms with Crippen molar-refractivity contribution in [1.82, 2.24) is 0 Å². The topological polar surface area (TPSA) is 80.7 Å². The lowest BCUT2D eigenvalue weighted by molar-refractivity contribution is -0.165.